The maximum absolute atomic E-state index is 12.6. The highest BCUT2D eigenvalue weighted by molar-refractivity contribution is 9.11. The highest BCUT2D eigenvalue weighted by atomic mass is 79.9. The number of hydrogen-bond donors (Lipinski definition) is 1. The third-order valence-corrected chi connectivity index (χ3v) is 7.49. The van der Waals surface area contributed by atoms with E-state index in [1.165, 1.54) is 11.3 Å². The summed E-state index contributed by atoms with van der Waals surface area (Å²) >= 11 is 11.4. The highest BCUT2D eigenvalue weighted by Gasteiger charge is 2.32. The van der Waals surface area contributed by atoms with Gasteiger partial charge >= 0.3 is 0 Å². The molecular weight excluding hydrogens is 488 g/mol. The van der Waals surface area contributed by atoms with E-state index in [-0.39, 0.29) is 24.3 Å². The Morgan fingerprint density at radius 1 is 1.20 bits per heavy atom. The second kappa shape index (κ2) is 9.26. The van der Waals surface area contributed by atoms with Gasteiger partial charge < -0.3 is 20.0 Å². The van der Waals surface area contributed by atoms with Gasteiger partial charge in [-0.1, -0.05) is 11.6 Å². The van der Waals surface area contributed by atoms with Gasteiger partial charge in [0.1, 0.15) is 0 Å². The van der Waals surface area contributed by atoms with Gasteiger partial charge in [-0.3, -0.25) is 9.59 Å². The lowest BCUT2D eigenvalue weighted by Crippen LogP contribution is -2.36. The Morgan fingerprint density at radius 3 is 2.77 bits per heavy atom. The second-order valence-corrected chi connectivity index (χ2v) is 10.6. The summed E-state index contributed by atoms with van der Waals surface area (Å²) in [5.74, 6) is -0.155. The summed E-state index contributed by atoms with van der Waals surface area (Å²) in [5.41, 5.74) is 1.78. The van der Waals surface area contributed by atoms with Gasteiger partial charge in [0.15, 0.2) is 0 Å². The van der Waals surface area contributed by atoms with E-state index in [0.717, 1.165) is 47.8 Å². The van der Waals surface area contributed by atoms with E-state index in [9.17, 15) is 9.59 Å². The molecule has 0 aliphatic carbocycles. The minimum atomic E-state index is -0.217. The van der Waals surface area contributed by atoms with Crippen molar-refractivity contribution >= 4 is 62.1 Å². The van der Waals surface area contributed by atoms with Crippen LogP contribution in [-0.4, -0.2) is 62.5 Å². The summed E-state index contributed by atoms with van der Waals surface area (Å²) in [6.07, 6.45) is 1.39. The van der Waals surface area contributed by atoms with Crippen LogP contribution in [0.25, 0.3) is 0 Å². The van der Waals surface area contributed by atoms with E-state index >= 15 is 0 Å². The van der Waals surface area contributed by atoms with E-state index in [1.807, 2.05) is 24.3 Å². The lowest BCUT2D eigenvalue weighted by molar-refractivity contribution is -0.117. The van der Waals surface area contributed by atoms with Gasteiger partial charge in [0.05, 0.1) is 25.4 Å². The molecule has 160 valence electrons. The Hall–Kier alpha value is -1.61. The van der Waals surface area contributed by atoms with Crippen LogP contribution >= 0.6 is 38.9 Å². The van der Waals surface area contributed by atoms with Gasteiger partial charge in [-0.15, -0.1) is 11.3 Å². The van der Waals surface area contributed by atoms with E-state index < -0.39 is 0 Å². The van der Waals surface area contributed by atoms with Crippen LogP contribution in [0.4, 0.5) is 11.4 Å². The van der Waals surface area contributed by atoms with E-state index in [2.05, 4.69) is 38.1 Å². The van der Waals surface area contributed by atoms with Crippen molar-refractivity contribution < 1.29 is 9.59 Å². The van der Waals surface area contributed by atoms with Crippen LogP contribution in [0.5, 0.6) is 0 Å². The Kier molecular flexibility index (Phi) is 6.67. The molecule has 1 unspecified atom stereocenters. The molecule has 9 heteroatoms. The van der Waals surface area contributed by atoms with E-state index in [1.54, 1.807) is 11.0 Å². The summed E-state index contributed by atoms with van der Waals surface area (Å²) in [4.78, 5) is 32.0. The maximum Gasteiger partial charge on any atom is 0.261 e. The lowest BCUT2D eigenvalue weighted by Gasteiger charge is -2.25. The molecule has 0 saturated carbocycles. The number of nitrogens with one attached hydrogen (secondary N) is 1. The number of carbonyl (C=O) groups excluding carboxylic acids is 2. The summed E-state index contributed by atoms with van der Waals surface area (Å²) in [5, 5.41) is 3.62. The fourth-order valence-corrected chi connectivity index (χ4v) is 5.54. The number of hydrogen-bond acceptors (Lipinski definition) is 5. The van der Waals surface area contributed by atoms with Crippen LogP contribution in [0.1, 0.15) is 22.5 Å². The fraction of sp³-hybridized carbons (Fsp3) is 0.429. The third-order valence-electron chi connectivity index (χ3n) is 5.56. The van der Waals surface area contributed by atoms with Crippen LogP contribution in [-0.2, 0) is 4.79 Å². The largest absolute Gasteiger partial charge is 0.369 e. The normalized spacial score (nSPS) is 20.5. The van der Waals surface area contributed by atoms with Crippen molar-refractivity contribution in [3.8, 4) is 0 Å². The number of carbonyl (C=O) groups is 2. The van der Waals surface area contributed by atoms with Gasteiger partial charge in [-0.25, -0.2) is 0 Å². The summed E-state index contributed by atoms with van der Waals surface area (Å²) in [7, 11) is 2.14. The zero-order valence-corrected chi connectivity index (χ0v) is 19.9. The molecule has 1 N–H and O–H groups in total. The summed E-state index contributed by atoms with van der Waals surface area (Å²) in [6, 6.07) is 9.23. The molecular formula is C21H24BrClN4O2S. The van der Waals surface area contributed by atoms with Crippen LogP contribution in [0, 0.1) is 0 Å². The van der Waals surface area contributed by atoms with Crippen LogP contribution < -0.4 is 15.1 Å². The zero-order valence-electron chi connectivity index (χ0n) is 16.7. The molecule has 3 heterocycles. The molecule has 6 nitrogen and oxygen atoms in total. The van der Waals surface area contributed by atoms with Gasteiger partial charge in [-0.05, 0) is 66.3 Å². The summed E-state index contributed by atoms with van der Waals surface area (Å²) < 4.78 is 0.905. The van der Waals surface area contributed by atoms with E-state index in [4.69, 9.17) is 11.6 Å². The van der Waals surface area contributed by atoms with E-state index in [0.29, 0.717) is 16.4 Å². The number of likely N-dealkylation sites (N-methyl/N-ethyl adjacent to an activating group) is 1. The molecule has 2 aliphatic heterocycles. The van der Waals surface area contributed by atoms with Gasteiger partial charge in [0.2, 0.25) is 5.91 Å². The number of benzene rings is 1. The second-order valence-electron chi connectivity index (χ2n) is 7.76. The molecule has 30 heavy (non-hydrogen) atoms. The van der Waals surface area contributed by atoms with Crippen molar-refractivity contribution in [2.75, 3.05) is 49.6 Å². The number of rotatable bonds is 4. The Labute approximate surface area is 193 Å². The molecule has 0 spiro atoms. The molecule has 0 radical (unpaired) electrons. The standard InChI is InChI=1S/C21H24BrClN4O2S/c1-25-7-2-8-26(10-9-25)17-4-3-15(12-16(17)23)27-13-14(11-20(27)28)24-21(29)18-5-6-19(22)30-18/h3-6,12,14H,2,7-11,13H2,1H3,(H,24,29). The Morgan fingerprint density at radius 2 is 2.03 bits per heavy atom. The first-order valence-corrected chi connectivity index (χ1v) is 12.0. The van der Waals surface area contributed by atoms with Gasteiger partial charge in [0, 0.05) is 38.3 Å². The molecule has 1 atom stereocenters. The molecule has 2 saturated heterocycles. The molecule has 1 aromatic carbocycles. The number of thiophene rings is 1. The lowest BCUT2D eigenvalue weighted by atomic mass is 10.2. The number of anilines is 2. The zero-order chi connectivity index (χ0) is 21.3. The minimum Gasteiger partial charge on any atom is -0.369 e. The first-order valence-electron chi connectivity index (χ1n) is 10.0. The average Bonchev–Trinajstić information content (AvgIpc) is 3.23. The van der Waals surface area contributed by atoms with Crippen LogP contribution in [0.2, 0.25) is 5.02 Å². The SMILES string of the molecule is CN1CCCN(c2ccc(N3CC(NC(=O)c4ccc(Br)s4)CC3=O)cc2Cl)CC1. The van der Waals surface area contributed by atoms with Crippen molar-refractivity contribution in [1.82, 2.24) is 10.2 Å². The van der Waals surface area contributed by atoms with Crippen LogP contribution in [0.3, 0.4) is 0 Å². The molecule has 4 rings (SSSR count). The number of halogens is 2. The van der Waals surface area contributed by atoms with Crippen LogP contribution in [0.15, 0.2) is 34.1 Å². The van der Waals surface area contributed by atoms with Crippen molar-refractivity contribution in [2.24, 2.45) is 0 Å². The third kappa shape index (κ3) is 4.82. The topological polar surface area (TPSA) is 55.9 Å². The molecule has 2 fully saturated rings. The number of amides is 2. The molecule has 0 bridgehead atoms. The molecule has 2 aromatic rings. The van der Waals surface area contributed by atoms with Crippen molar-refractivity contribution in [3.05, 3.63) is 44.0 Å². The predicted octanol–water partition coefficient (Wildman–Crippen LogP) is 3.84. The molecule has 1 aromatic heterocycles. The highest BCUT2D eigenvalue weighted by Crippen LogP contribution is 2.33. The summed E-state index contributed by atoms with van der Waals surface area (Å²) in [6.45, 7) is 4.44. The molecule has 2 aliphatic rings. The Balaban J connectivity index is 1.43. The smallest absolute Gasteiger partial charge is 0.261 e. The number of nitrogens with zero attached hydrogens (tertiary/aromatic N) is 3. The van der Waals surface area contributed by atoms with Crippen molar-refractivity contribution in [2.45, 2.75) is 18.9 Å². The van der Waals surface area contributed by atoms with Gasteiger partial charge in [0.25, 0.3) is 5.91 Å². The average molecular weight is 512 g/mol. The molecule has 2 amide bonds. The van der Waals surface area contributed by atoms with Crippen molar-refractivity contribution in [3.63, 3.8) is 0 Å². The Bertz CT molecular complexity index is 953. The fourth-order valence-electron chi connectivity index (χ4n) is 3.95. The maximum atomic E-state index is 12.6. The van der Waals surface area contributed by atoms with Crippen molar-refractivity contribution in [1.29, 1.82) is 0 Å². The quantitative estimate of drug-likeness (QED) is 0.678. The van der Waals surface area contributed by atoms with Gasteiger partial charge in [-0.2, -0.15) is 0 Å². The first kappa shape index (κ1) is 21.6. The first-order chi connectivity index (χ1) is 14.4. The monoisotopic (exact) mass is 510 g/mol. The minimum absolute atomic E-state index is 0.00660. The predicted molar refractivity (Wildman–Crippen MR) is 126 cm³/mol.